The normalized spacial score (nSPS) is 11.7. The van der Waals surface area contributed by atoms with Crippen molar-refractivity contribution < 1.29 is 9.90 Å². The molecule has 2 N–H and O–H groups in total. The van der Waals surface area contributed by atoms with E-state index < -0.39 is 5.97 Å². The van der Waals surface area contributed by atoms with Crippen LogP contribution in [0.5, 0.6) is 0 Å². The van der Waals surface area contributed by atoms with Crippen LogP contribution < -0.4 is 5.32 Å². The predicted molar refractivity (Wildman–Crippen MR) is 74.9 cm³/mol. The number of hydrogen-bond acceptors (Lipinski definition) is 3. The molecule has 0 unspecified atom stereocenters. The van der Waals surface area contributed by atoms with E-state index in [9.17, 15) is 4.79 Å². The maximum atomic E-state index is 10.6. The monoisotopic (exact) mass is 267 g/mol. The molecule has 0 spiro atoms. The second-order valence-corrected chi connectivity index (χ2v) is 5.66. The standard InChI is InChI=1S/C14H25N3O2/c1-4-17-11-16-10-12(17)9-15-8-7-14(2,3)6-5-13(18)19/h10-11,15H,4-9H2,1-3H3,(H,18,19). The average Bonchev–Trinajstić information content (AvgIpc) is 2.80. The highest BCUT2D eigenvalue weighted by Crippen LogP contribution is 2.25. The molecule has 0 aliphatic heterocycles. The first-order valence-electron chi connectivity index (χ1n) is 6.86. The Kier molecular flexibility index (Phi) is 6.02. The Morgan fingerprint density at radius 1 is 1.47 bits per heavy atom. The van der Waals surface area contributed by atoms with E-state index in [2.05, 4.69) is 35.6 Å². The van der Waals surface area contributed by atoms with E-state index in [-0.39, 0.29) is 11.8 Å². The van der Waals surface area contributed by atoms with Crippen LogP contribution in [0.4, 0.5) is 0 Å². The van der Waals surface area contributed by atoms with Gasteiger partial charge < -0.3 is 15.0 Å². The molecule has 1 rings (SSSR count). The zero-order valence-electron chi connectivity index (χ0n) is 12.1. The molecular formula is C14H25N3O2. The number of rotatable bonds is 9. The number of aliphatic carboxylic acids is 1. The molecule has 0 fully saturated rings. The highest BCUT2D eigenvalue weighted by Gasteiger charge is 2.18. The fraction of sp³-hybridized carbons (Fsp3) is 0.714. The summed E-state index contributed by atoms with van der Waals surface area (Å²) >= 11 is 0. The molecule has 0 aliphatic rings. The second-order valence-electron chi connectivity index (χ2n) is 5.66. The van der Waals surface area contributed by atoms with Gasteiger partial charge in [-0.3, -0.25) is 4.79 Å². The summed E-state index contributed by atoms with van der Waals surface area (Å²) in [5, 5.41) is 12.1. The van der Waals surface area contributed by atoms with Gasteiger partial charge in [-0.25, -0.2) is 4.98 Å². The minimum atomic E-state index is -0.715. The summed E-state index contributed by atoms with van der Waals surface area (Å²) in [5.74, 6) is -0.715. The number of hydrogen-bond donors (Lipinski definition) is 2. The molecule has 0 atom stereocenters. The van der Waals surface area contributed by atoms with Crippen LogP contribution in [-0.4, -0.2) is 27.2 Å². The summed E-state index contributed by atoms with van der Waals surface area (Å²) in [4.78, 5) is 14.7. The third-order valence-corrected chi connectivity index (χ3v) is 3.44. The van der Waals surface area contributed by atoms with Gasteiger partial charge in [0.05, 0.1) is 12.0 Å². The van der Waals surface area contributed by atoms with Gasteiger partial charge in [-0.1, -0.05) is 13.8 Å². The Morgan fingerprint density at radius 2 is 2.21 bits per heavy atom. The van der Waals surface area contributed by atoms with Crippen LogP contribution in [0.1, 0.15) is 45.7 Å². The maximum Gasteiger partial charge on any atom is 0.303 e. The van der Waals surface area contributed by atoms with Crippen LogP contribution in [0, 0.1) is 5.41 Å². The van der Waals surface area contributed by atoms with Gasteiger partial charge in [0, 0.05) is 25.7 Å². The van der Waals surface area contributed by atoms with Gasteiger partial charge in [0.15, 0.2) is 0 Å². The number of nitrogens with zero attached hydrogens (tertiary/aromatic N) is 2. The Balaban J connectivity index is 2.24. The van der Waals surface area contributed by atoms with Crippen LogP contribution in [-0.2, 0) is 17.9 Å². The minimum absolute atomic E-state index is 0.0659. The van der Waals surface area contributed by atoms with Crippen molar-refractivity contribution in [2.75, 3.05) is 6.54 Å². The molecule has 0 aliphatic carbocycles. The first-order valence-corrected chi connectivity index (χ1v) is 6.86. The van der Waals surface area contributed by atoms with Gasteiger partial charge in [-0.05, 0) is 31.7 Å². The molecule has 0 radical (unpaired) electrons. The van der Waals surface area contributed by atoms with Crippen molar-refractivity contribution in [3.63, 3.8) is 0 Å². The molecule has 0 bridgehead atoms. The summed E-state index contributed by atoms with van der Waals surface area (Å²) in [6, 6.07) is 0. The number of aryl methyl sites for hydroxylation is 1. The van der Waals surface area contributed by atoms with Gasteiger partial charge >= 0.3 is 5.97 Å². The van der Waals surface area contributed by atoms with E-state index in [0.717, 1.165) is 32.5 Å². The van der Waals surface area contributed by atoms with Crippen LogP contribution in [0.15, 0.2) is 12.5 Å². The largest absolute Gasteiger partial charge is 0.481 e. The molecule has 1 aromatic rings. The van der Waals surface area contributed by atoms with E-state index in [1.54, 1.807) is 0 Å². The Bertz CT molecular complexity index is 399. The molecule has 1 aromatic heterocycles. The van der Waals surface area contributed by atoms with Crippen LogP contribution in [0.3, 0.4) is 0 Å². The Hall–Kier alpha value is -1.36. The van der Waals surface area contributed by atoms with Gasteiger partial charge in [0.1, 0.15) is 0 Å². The van der Waals surface area contributed by atoms with E-state index in [1.807, 2.05) is 12.5 Å². The average molecular weight is 267 g/mol. The molecule has 0 amide bonds. The zero-order valence-corrected chi connectivity index (χ0v) is 12.1. The Morgan fingerprint density at radius 3 is 2.84 bits per heavy atom. The van der Waals surface area contributed by atoms with Crippen LogP contribution in [0.2, 0.25) is 0 Å². The smallest absolute Gasteiger partial charge is 0.303 e. The molecule has 0 saturated heterocycles. The van der Waals surface area contributed by atoms with Crippen molar-refractivity contribution in [3.8, 4) is 0 Å². The summed E-state index contributed by atoms with van der Waals surface area (Å²) in [7, 11) is 0. The molecule has 0 saturated carbocycles. The zero-order chi connectivity index (χ0) is 14.3. The molecule has 1 heterocycles. The fourth-order valence-electron chi connectivity index (χ4n) is 1.99. The lowest BCUT2D eigenvalue weighted by Crippen LogP contribution is -2.23. The Labute approximate surface area is 115 Å². The van der Waals surface area contributed by atoms with Crippen molar-refractivity contribution in [2.24, 2.45) is 5.41 Å². The van der Waals surface area contributed by atoms with E-state index in [4.69, 9.17) is 5.11 Å². The number of imidazole rings is 1. The summed E-state index contributed by atoms with van der Waals surface area (Å²) in [5.41, 5.74) is 1.25. The van der Waals surface area contributed by atoms with Crippen molar-refractivity contribution >= 4 is 5.97 Å². The second kappa shape index (κ2) is 7.28. The summed E-state index contributed by atoms with van der Waals surface area (Å²) < 4.78 is 2.11. The number of aromatic nitrogens is 2. The number of carbonyl (C=O) groups is 1. The van der Waals surface area contributed by atoms with Gasteiger partial charge in [0.25, 0.3) is 0 Å². The fourth-order valence-corrected chi connectivity index (χ4v) is 1.99. The third kappa shape index (κ3) is 5.87. The number of carboxylic acids is 1. The van der Waals surface area contributed by atoms with E-state index in [1.165, 1.54) is 5.69 Å². The summed E-state index contributed by atoms with van der Waals surface area (Å²) in [6.45, 7) is 8.97. The molecule has 108 valence electrons. The molecular weight excluding hydrogens is 242 g/mol. The first kappa shape index (κ1) is 15.7. The SMILES string of the molecule is CCn1cncc1CNCCC(C)(C)CCC(=O)O. The van der Waals surface area contributed by atoms with Gasteiger partial charge in [0.2, 0.25) is 0 Å². The summed E-state index contributed by atoms with van der Waals surface area (Å²) in [6.07, 6.45) is 5.66. The molecule has 0 aromatic carbocycles. The highest BCUT2D eigenvalue weighted by molar-refractivity contribution is 5.66. The topological polar surface area (TPSA) is 67.2 Å². The molecule has 5 nitrogen and oxygen atoms in total. The van der Waals surface area contributed by atoms with Crippen LogP contribution in [0.25, 0.3) is 0 Å². The minimum Gasteiger partial charge on any atom is -0.481 e. The quantitative estimate of drug-likeness (QED) is 0.674. The van der Waals surface area contributed by atoms with E-state index in [0.29, 0.717) is 0 Å². The molecule has 5 heteroatoms. The van der Waals surface area contributed by atoms with Crippen LogP contribution >= 0.6 is 0 Å². The van der Waals surface area contributed by atoms with E-state index >= 15 is 0 Å². The van der Waals surface area contributed by atoms with Gasteiger partial charge in [-0.15, -0.1) is 0 Å². The predicted octanol–water partition coefficient (Wildman–Crippen LogP) is 2.27. The highest BCUT2D eigenvalue weighted by atomic mass is 16.4. The van der Waals surface area contributed by atoms with Crippen molar-refractivity contribution in [3.05, 3.63) is 18.2 Å². The number of carboxylic acid groups (broad SMARTS) is 1. The number of nitrogens with one attached hydrogen (secondary N) is 1. The lowest BCUT2D eigenvalue weighted by atomic mass is 9.84. The van der Waals surface area contributed by atoms with Crippen molar-refractivity contribution in [1.82, 2.24) is 14.9 Å². The molecule has 19 heavy (non-hydrogen) atoms. The van der Waals surface area contributed by atoms with Crippen molar-refractivity contribution in [1.29, 1.82) is 0 Å². The van der Waals surface area contributed by atoms with Crippen molar-refractivity contribution in [2.45, 2.75) is 53.1 Å². The maximum absolute atomic E-state index is 10.6. The third-order valence-electron chi connectivity index (χ3n) is 3.44. The first-order chi connectivity index (χ1) is 8.94. The van der Waals surface area contributed by atoms with Gasteiger partial charge in [-0.2, -0.15) is 0 Å². The lowest BCUT2D eigenvalue weighted by molar-refractivity contribution is -0.137. The lowest BCUT2D eigenvalue weighted by Gasteiger charge is -2.23.